The van der Waals surface area contributed by atoms with Crippen molar-refractivity contribution in [2.24, 2.45) is 0 Å². The number of halogens is 1. The lowest BCUT2D eigenvalue weighted by molar-refractivity contribution is -0.136. The number of hydrogen-bond donors (Lipinski definition) is 1. The molecule has 1 saturated heterocycles. The molecule has 0 aromatic heterocycles. The summed E-state index contributed by atoms with van der Waals surface area (Å²) < 4.78 is 25.2. The number of amides is 2. The molecule has 0 bridgehead atoms. The van der Waals surface area contributed by atoms with Crippen LogP contribution < -0.4 is 14.8 Å². The number of carbonyl (C=O) groups excluding carboxylic acids is 2. The third kappa shape index (κ3) is 3.65. The van der Waals surface area contributed by atoms with Crippen LogP contribution >= 0.6 is 0 Å². The van der Waals surface area contributed by atoms with Gasteiger partial charge in [-0.2, -0.15) is 0 Å². The molecular weight excluding hydrogens is 363 g/mol. The Morgan fingerprint density at radius 2 is 1.86 bits per heavy atom. The maximum Gasteiger partial charge on any atom is 0.260 e. The fourth-order valence-corrected chi connectivity index (χ4v) is 3.58. The molecule has 1 N–H and O–H groups in total. The minimum Gasteiger partial charge on any atom is -0.484 e. The van der Waals surface area contributed by atoms with E-state index in [1.807, 2.05) is 6.07 Å². The van der Waals surface area contributed by atoms with Gasteiger partial charge in [0, 0.05) is 25.9 Å². The topological polar surface area (TPSA) is 67.9 Å². The number of rotatable bonds is 3. The number of ether oxygens (including phenoxy) is 2. The summed E-state index contributed by atoms with van der Waals surface area (Å²) in [4.78, 5) is 26.4. The van der Waals surface area contributed by atoms with Crippen molar-refractivity contribution < 1.29 is 23.5 Å². The molecule has 0 aliphatic carbocycles. The zero-order valence-electron chi connectivity index (χ0n) is 15.3. The highest BCUT2D eigenvalue weighted by Gasteiger charge is 2.40. The summed E-state index contributed by atoms with van der Waals surface area (Å²) in [7, 11) is 0. The van der Waals surface area contributed by atoms with E-state index in [-0.39, 0.29) is 24.2 Å². The minimum absolute atomic E-state index is 0.0655. The van der Waals surface area contributed by atoms with Gasteiger partial charge >= 0.3 is 0 Å². The number of piperidine rings is 1. The van der Waals surface area contributed by atoms with E-state index in [4.69, 9.17) is 9.47 Å². The van der Waals surface area contributed by atoms with Crippen molar-refractivity contribution in [3.63, 3.8) is 0 Å². The summed E-state index contributed by atoms with van der Waals surface area (Å²) in [5, 5.41) is 2.92. The molecule has 2 aromatic carbocycles. The fraction of sp³-hybridized carbons (Fsp3) is 0.333. The van der Waals surface area contributed by atoms with Crippen molar-refractivity contribution in [1.82, 2.24) is 10.2 Å². The Morgan fingerprint density at radius 1 is 1.14 bits per heavy atom. The molecular formula is C21H21FN2O4. The van der Waals surface area contributed by atoms with Gasteiger partial charge in [-0.05, 0) is 24.3 Å². The standard InChI is InChI=1S/C21H21FN2O4/c22-16-6-2-4-8-18(16)27-13-19(25)24-11-9-21(10-12-24)14-23-20(26)15-5-1-3-7-17(15)28-21/h1-8H,9-14H2,(H,23,26). The van der Waals surface area contributed by atoms with Crippen LogP contribution in [0.5, 0.6) is 11.5 Å². The average Bonchev–Trinajstić information content (AvgIpc) is 2.85. The van der Waals surface area contributed by atoms with Crippen molar-refractivity contribution in [3.05, 3.63) is 59.9 Å². The molecule has 1 fully saturated rings. The monoisotopic (exact) mass is 384 g/mol. The third-order valence-electron chi connectivity index (χ3n) is 5.24. The molecule has 0 radical (unpaired) electrons. The van der Waals surface area contributed by atoms with E-state index >= 15 is 0 Å². The highest BCUT2D eigenvalue weighted by atomic mass is 19.1. The first-order valence-corrected chi connectivity index (χ1v) is 9.28. The number of likely N-dealkylation sites (tertiary alicyclic amines) is 1. The van der Waals surface area contributed by atoms with Crippen LogP contribution in [0.1, 0.15) is 23.2 Å². The smallest absolute Gasteiger partial charge is 0.260 e. The number of para-hydroxylation sites is 2. The normalized spacial score (nSPS) is 17.9. The number of benzene rings is 2. The van der Waals surface area contributed by atoms with E-state index in [0.717, 1.165) is 0 Å². The molecule has 2 aromatic rings. The van der Waals surface area contributed by atoms with E-state index in [1.54, 1.807) is 35.2 Å². The van der Waals surface area contributed by atoms with E-state index in [2.05, 4.69) is 5.32 Å². The van der Waals surface area contributed by atoms with Gasteiger partial charge in [0.05, 0.1) is 12.1 Å². The van der Waals surface area contributed by atoms with Gasteiger partial charge in [0.15, 0.2) is 18.2 Å². The predicted molar refractivity (Wildman–Crippen MR) is 99.8 cm³/mol. The zero-order chi connectivity index (χ0) is 19.6. The second kappa shape index (κ2) is 7.50. The molecule has 1 spiro atoms. The van der Waals surface area contributed by atoms with Crippen molar-refractivity contribution in [3.8, 4) is 11.5 Å². The van der Waals surface area contributed by atoms with Crippen LogP contribution in [0.2, 0.25) is 0 Å². The van der Waals surface area contributed by atoms with Crippen LogP contribution in [0.3, 0.4) is 0 Å². The van der Waals surface area contributed by atoms with Gasteiger partial charge in [0.2, 0.25) is 0 Å². The molecule has 6 nitrogen and oxygen atoms in total. The zero-order valence-corrected chi connectivity index (χ0v) is 15.3. The average molecular weight is 384 g/mol. The SMILES string of the molecule is O=C1NCC2(CCN(C(=O)COc3ccccc3F)CC2)Oc2ccccc21. The predicted octanol–water partition coefficient (Wildman–Crippen LogP) is 2.39. The first kappa shape index (κ1) is 18.3. The molecule has 7 heteroatoms. The quantitative estimate of drug-likeness (QED) is 0.882. The fourth-order valence-electron chi connectivity index (χ4n) is 3.58. The van der Waals surface area contributed by atoms with Gasteiger partial charge in [0.1, 0.15) is 11.4 Å². The summed E-state index contributed by atoms with van der Waals surface area (Å²) in [5.74, 6) is -0.203. The van der Waals surface area contributed by atoms with E-state index in [0.29, 0.717) is 43.8 Å². The molecule has 0 atom stereocenters. The van der Waals surface area contributed by atoms with Crippen LogP contribution in [0, 0.1) is 5.82 Å². The largest absolute Gasteiger partial charge is 0.484 e. The lowest BCUT2D eigenvalue weighted by Crippen LogP contribution is -2.54. The van der Waals surface area contributed by atoms with E-state index in [9.17, 15) is 14.0 Å². The summed E-state index contributed by atoms with van der Waals surface area (Å²) >= 11 is 0. The van der Waals surface area contributed by atoms with Gasteiger partial charge in [-0.1, -0.05) is 24.3 Å². The van der Waals surface area contributed by atoms with E-state index < -0.39 is 11.4 Å². The highest BCUT2D eigenvalue weighted by Crippen LogP contribution is 2.32. The van der Waals surface area contributed by atoms with Crippen molar-refractivity contribution in [1.29, 1.82) is 0 Å². The van der Waals surface area contributed by atoms with Crippen molar-refractivity contribution in [2.45, 2.75) is 18.4 Å². The molecule has 2 amide bonds. The minimum atomic E-state index is -0.536. The Balaban J connectivity index is 1.37. The summed E-state index contributed by atoms with van der Waals surface area (Å²) in [6.45, 7) is 1.15. The van der Waals surface area contributed by atoms with Gasteiger partial charge in [0.25, 0.3) is 11.8 Å². The molecule has 28 heavy (non-hydrogen) atoms. The van der Waals surface area contributed by atoms with Gasteiger partial charge in [-0.15, -0.1) is 0 Å². The van der Waals surface area contributed by atoms with Crippen LogP contribution in [-0.4, -0.2) is 48.6 Å². The molecule has 4 rings (SSSR count). The van der Waals surface area contributed by atoms with Crippen molar-refractivity contribution in [2.75, 3.05) is 26.2 Å². The summed E-state index contributed by atoms with van der Waals surface area (Å²) in [6.07, 6.45) is 1.18. The van der Waals surface area contributed by atoms with Crippen LogP contribution in [0.4, 0.5) is 4.39 Å². The second-order valence-electron chi connectivity index (χ2n) is 7.06. The van der Waals surface area contributed by atoms with Gasteiger partial charge in [-0.25, -0.2) is 4.39 Å². The Hall–Kier alpha value is -3.09. The Bertz CT molecular complexity index is 893. The summed E-state index contributed by atoms with van der Waals surface area (Å²) in [5.41, 5.74) is -0.0120. The number of fused-ring (bicyclic) bond motifs is 1. The molecule has 146 valence electrons. The lowest BCUT2D eigenvalue weighted by Gasteiger charge is -2.41. The molecule has 0 unspecified atom stereocenters. The number of hydrogen-bond acceptors (Lipinski definition) is 4. The first-order chi connectivity index (χ1) is 13.6. The second-order valence-corrected chi connectivity index (χ2v) is 7.06. The van der Waals surface area contributed by atoms with Gasteiger partial charge in [-0.3, -0.25) is 9.59 Å². The molecule has 2 aliphatic heterocycles. The van der Waals surface area contributed by atoms with E-state index in [1.165, 1.54) is 12.1 Å². The van der Waals surface area contributed by atoms with Crippen LogP contribution in [0.25, 0.3) is 0 Å². The molecule has 2 aliphatic rings. The first-order valence-electron chi connectivity index (χ1n) is 9.28. The highest BCUT2D eigenvalue weighted by molar-refractivity contribution is 5.97. The maximum atomic E-state index is 13.6. The number of nitrogens with one attached hydrogen (secondary N) is 1. The molecule has 2 heterocycles. The number of carbonyl (C=O) groups is 2. The Labute approximate surface area is 162 Å². The Morgan fingerprint density at radius 3 is 2.64 bits per heavy atom. The lowest BCUT2D eigenvalue weighted by atomic mass is 9.91. The third-order valence-corrected chi connectivity index (χ3v) is 5.24. The van der Waals surface area contributed by atoms with Crippen LogP contribution in [-0.2, 0) is 4.79 Å². The summed E-state index contributed by atoms with van der Waals surface area (Å²) in [6, 6.07) is 13.2. The number of nitrogens with zero attached hydrogens (tertiary/aromatic N) is 1. The maximum absolute atomic E-state index is 13.6. The van der Waals surface area contributed by atoms with Gasteiger partial charge < -0.3 is 19.7 Å². The van der Waals surface area contributed by atoms with Crippen LogP contribution in [0.15, 0.2) is 48.5 Å². The van der Waals surface area contributed by atoms with Crippen molar-refractivity contribution >= 4 is 11.8 Å². The Kier molecular flexibility index (Phi) is 4.90. The molecule has 0 saturated carbocycles.